The minimum Gasteiger partial charge on any atom is -0.458 e. The van der Waals surface area contributed by atoms with Crippen molar-refractivity contribution in [3.05, 3.63) is 42.0 Å². The summed E-state index contributed by atoms with van der Waals surface area (Å²) >= 11 is 4.16. The third-order valence-corrected chi connectivity index (χ3v) is 1.96. The summed E-state index contributed by atoms with van der Waals surface area (Å²) in [5.74, 6) is -0.362. The van der Waals surface area contributed by atoms with Gasteiger partial charge in [0.1, 0.15) is 6.61 Å². The second kappa shape index (κ2) is 4.86. The number of carbonyl (C=O) groups excluding carboxylic acids is 1. The fraction of sp³-hybridized carbons (Fsp3) is 0.182. The molecule has 0 aliphatic rings. The van der Waals surface area contributed by atoms with Crippen LogP contribution in [0.4, 0.5) is 0 Å². The van der Waals surface area contributed by atoms with E-state index >= 15 is 0 Å². The molecule has 1 rings (SSSR count). The highest BCUT2D eigenvalue weighted by Gasteiger charge is 2.09. The highest BCUT2D eigenvalue weighted by Crippen LogP contribution is 2.14. The lowest BCUT2D eigenvalue weighted by Crippen LogP contribution is -2.07. The van der Waals surface area contributed by atoms with Gasteiger partial charge in [0.05, 0.1) is 5.56 Å². The minimum atomic E-state index is -0.362. The monoisotopic (exact) mass is 208 g/mol. The fourth-order valence-corrected chi connectivity index (χ4v) is 1.16. The summed E-state index contributed by atoms with van der Waals surface area (Å²) in [7, 11) is 0. The van der Waals surface area contributed by atoms with Crippen LogP contribution in [0.25, 0.3) is 0 Å². The topological polar surface area (TPSA) is 26.3 Å². The average molecular weight is 208 g/mol. The van der Waals surface area contributed by atoms with Crippen molar-refractivity contribution in [2.45, 2.75) is 11.8 Å². The Hall–Kier alpha value is -1.22. The number of esters is 1. The van der Waals surface area contributed by atoms with E-state index in [0.29, 0.717) is 10.5 Å². The van der Waals surface area contributed by atoms with Gasteiger partial charge in [0.2, 0.25) is 0 Å². The maximum Gasteiger partial charge on any atom is 0.339 e. The summed E-state index contributed by atoms with van der Waals surface area (Å²) in [5.41, 5.74) is 1.30. The molecule has 2 nitrogen and oxygen atoms in total. The standard InChI is InChI=1S/C11H12O2S/c1-8(2)7-13-11(12)9-5-3-4-6-10(9)14/h3-6,14H,1,7H2,2H3. The highest BCUT2D eigenvalue weighted by molar-refractivity contribution is 7.80. The molecule has 0 radical (unpaired) electrons. The van der Waals surface area contributed by atoms with E-state index in [2.05, 4.69) is 19.2 Å². The van der Waals surface area contributed by atoms with Crippen LogP contribution in [0.1, 0.15) is 17.3 Å². The van der Waals surface area contributed by atoms with Gasteiger partial charge in [-0.2, -0.15) is 0 Å². The molecule has 0 aliphatic carbocycles. The van der Waals surface area contributed by atoms with E-state index in [9.17, 15) is 4.79 Å². The second-order valence-electron chi connectivity index (χ2n) is 3.05. The average Bonchev–Trinajstić information content (AvgIpc) is 2.15. The number of carbonyl (C=O) groups is 1. The number of hydrogen-bond acceptors (Lipinski definition) is 3. The summed E-state index contributed by atoms with van der Waals surface area (Å²) in [5, 5.41) is 0. The molecule has 3 heteroatoms. The molecule has 0 unspecified atom stereocenters. The number of benzene rings is 1. The Bertz CT molecular complexity index is 358. The van der Waals surface area contributed by atoms with Crippen LogP contribution < -0.4 is 0 Å². The quantitative estimate of drug-likeness (QED) is 0.469. The van der Waals surface area contributed by atoms with Crippen LogP contribution in [-0.2, 0) is 4.74 Å². The maximum atomic E-state index is 11.5. The molecule has 1 aromatic carbocycles. The van der Waals surface area contributed by atoms with Gasteiger partial charge in [-0.05, 0) is 24.6 Å². The largest absolute Gasteiger partial charge is 0.458 e. The van der Waals surface area contributed by atoms with Crippen LogP contribution in [0.3, 0.4) is 0 Å². The highest BCUT2D eigenvalue weighted by atomic mass is 32.1. The summed E-state index contributed by atoms with van der Waals surface area (Å²) in [4.78, 5) is 12.1. The van der Waals surface area contributed by atoms with Crippen molar-refractivity contribution in [2.75, 3.05) is 6.61 Å². The molecule has 0 atom stereocenters. The lowest BCUT2D eigenvalue weighted by molar-refractivity contribution is 0.0536. The van der Waals surface area contributed by atoms with Crippen LogP contribution in [0.2, 0.25) is 0 Å². The van der Waals surface area contributed by atoms with E-state index in [-0.39, 0.29) is 12.6 Å². The molecule has 0 N–H and O–H groups in total. The van der Waals surface area contributed by atoms with E-state index < -0.39 is 0 Å². The number of ether oxygens (including phenoxy) is 1. The summed E-state index contributed by atoms with van der Waals surface area (Å²) in [6.07, 6.45) is 0. The minimum absolute atomic E-state index is 0.251. The normalized spacial score (nSPS) is 9.57. The maximum absolute atomic E-state index is 11.5. The number of rotatable bonds is 3. The van der Waals surface area contributed by atoms with Crippen LogP contribution in [0, 0.1) is 0 Å². The van der Waals surface area contributed by atoms with Gasteiger partial charge in [0, 0.05) is 4.90 Å². The Morgan fingerprint density at radius 1 is 1.50 bits per heavy atom. The third kappa shape index (κ3) is 2.92. The molecule has 74 valence electrons. The third-order valence-electron chi connectivity index (χ3n) is 1.57. The van der Waals surface area contributed by atoms with Crippen molar-refractivity contribution in [2.24, 2.45) is 0 Å². The van der Waals surface area contributed by atoms with Crippen molar-refractivity contribution in [1.29, 1.82) is 0 Å². The molecule has 14 heavy (non-hydrogen) atoms. The predicted molar refractivity (Wildman–Crippen MR) is 58.8 cm³/mol. The van der Waals surface area contributed by atoms with Crippen LogP contribution in [0.15, 0.2) is 41.3 Å². The number of hydrogen-bond donors (Lipinski definition) is 1. The SMILES string of the molecule is C=C(C)COC(=O)c1ccccc1S. The van der Waals surface area contributed by atoms with Crippen LogP contribution >= 0.6 is 12.6 Å². The Kier molecular flexibility index (Phi) is 3.77. The van der Waals surface area contributed by atoms with E-state index in [1.54, 1.807) is 25.1 Å². The van der Waals surface area contributed by atoms with Crippen molar-refractivity contribution in [1.82, 2.24) is 0 Å². The summed E-state index contributed by atoms with van der Waals surface area (Å²) < 4.78 is 4.98. The second-order valence-corrected chi connectivity index (χ2v) is 3.53. The smallest absolute Gasteiger partial charge is 0.339 e. The van der Waals surface area contributed by atoms with E-state index in [0.717, 1.165) is 5.57 Å². The van der Waals surface area contributed by atoms with Gasteiger partial charge in [-0.15, -0.1) is 12.6 Å². The summed E-state index contributed by atoms with van der Waals surface area (Å²) in [6.45, 7) is 5.70. The lowest BCUT2D eigenvalue weighted by Gasteiger charge is -2.05. The molecule has 0 fully saturated rings. The Labute approximate surface area is 89.0 Å². The van der Waals surface area contributed by atoms with Gasteiger partial charge in [-0.25, -0.2) is 4.79 Å². The van der Waals surface area contributed by atoms with Gasteiger partial charge in [-0.1, -0.05) is 18.7 Å². The molecule has 0 saturated heterocycles. The van der Waals surface area contributed by atoms with Crippen molar-refractivity contribution < 1.29 is 9.53 Å². The molecule has 1 aromatic rings. The zero-order valence-corrected chi connectivity index (χ0v) is 8.88. The lowest BCUT2D eigenvalue weighted by atomic mass is 10.2. The Morgan fingerprint density at radius 2 is 2.14 bits per heavy atom. The molecule has 0 spiro atoms. The zero-order chi connectivity index (χ0) is 10.6. The van der Waals surface area contributed by atoms with Gasteiger partial charge in [0.25, 0.3) is 0 Å². The molecular weight excluding hydrogens is 196 g/mol. The van der Waals surface area contributed by atoms with E-state index in [4.69, 9.17) is 4.74 Å². The van der Waals surface area contributed by atoms with Crippen molar-refractivity contribution in [3.63, 3.8) is 0 Å². The summed E-state index contributed by atoms with van der Waals surface area (Å²) in [6, 6.07) is 7.03. The molecule has 0 bridgehead atoms. The van der Waals surface area contributed by atoms with Gasteiger partial charge >= 0.3 is 5.97 Å². The molecule has 0 aromatic heterocycles. The van der Waals surface area contributed by atoms with Crippen molar-refractivity contribution in [3.8, 4) is 0 Å². The molecule has 0 aliphatic heterocycles. The number of thiol groups is 1. The van der Waals surface area contributed by atoms with Gasteiger partial charge in [-0.3, -0.25) is 0 Å². The Balaban J connectivity index is 2.70. The van der Waals surface area contributed by atoms with Gasteiger partial charge < -0.3 is 4.74 Å². The van der Waals surface area contributed by atoms with Gasteiger partial charge in [0.15, 0.2) is 0 Å². The molecular formula is C11H12O2S. The first-order valence-corrected chi connectivity index (χ1v) is 4.65. The van der Waals surface area contributed by atoms with Crippen molar-refractivity contribution >= 4 is 18.6 Å². The molecule has 0 amide bonds. The van der Waals surface area contributed by atoms with E-state index in [1.165, 1.54) is 0 Å². The van der Waals surface area contributed by atoms with Crippen LogP contribution in [0.5, 0.6) is 0 Å². The molecule has 0 saturated carbocycles. The Morgan fingerprint density at radius 3 is 2.71 bits per heavy atom. The first-order valence-electron chi connectivity index (χ1n) is 4.20. The van der Waals surface area contributed by atoms with Crippen LogP contribution in [-0.4, -0.2) is 12.6 Å². The first kappa shape index (κ1) is 10.9. The molecule has 0 heterocycles. The van der Waals surface area contributed by atoms with E-state index in [1.807, 2.05) is 6.07 Å². The predicted octanol–water partition coefficient (Wildman–Crippen LogP) is 2.71. The fourth-order valence-electron chi connectivity index (χ4n) is 0.913. The zero-order valence-electron chi connectivity index (χ0n) is 7.99. The first-order chi connectivity index (χ1) is 6.61.